The van der Waals surface area contributed by atoms with Crippen molar-refractivity contribution in [3.8, 4) is 10.6 Å². The summed E-state index contributed by atoms with van der Waals surface area (Å²) in [6.07, 6.45) is 3.60. The van der Waals surface area contributed by atoms with Crippen LogP contribution in [0.2, 0.25) is 0 Å². The average molecular weight is 373 g/mol. The van der Waals surface area contributed by atoms with Gasteiger partial charge in [0.05, 0.1) is 24.9 Å². The van der Waals surface area contributed by atoms with Crippen LogP contribution in [0.1, 0.15) is 50.3 Å². The molecule has 3 heterocycles. The quantitative estimate of drug-likeness (QED) is 0.764. The molecule has 0 N–H and O–H groups in total. The van der Waals surface area contributed by atoms with Crippen LogP contribution in [0, 0.1) is 0 Å². The smallest absolute Gasteiger partial charge is 0.173 e. The van der Waals surface area contributed by atoms with E-state index in [1.54, 1.807) is 11.3 Å². The molecule has 26 heavy (non-hydrogen) atoms. The first-order valence-electron chi connectivity index (χ1n) is 9.73. The van der Waals surface area contributed by atoms with Gasteiger partial charge in [-0.25, -0.2) is 4.98 Å². The maximum atomic E-state index is 5.78. The van der Waals surface area contributed by atoms with Gasteiger partial charge in [-0.1, -0.05) is 44.5 Å². The van der Waals surface area contributed by atoms with Gasteiger partial charge < -0.3 is 9.47 Å². The second-order valence-corrected chi connectivity index (χ2v) is 8.42. The van der Waals surface area contributed by atoms with Crippen LogP contribution in [-0.2, 0) is 16.0 Å². The molecule has 2 aliphatic rings. The molecule has 4 nitrogen and oxygen atoms in total. The molecular formula is C21H28N2O2S. The molecule has 140 valence electrons. The number of thiazole rings is 1. The molecule has 1 unspecified atom stereocenters. The molecule has 2 aliphatic heterocycles. The van der Waals surface area contributed by atoms with E-state index in [4.69, 9.17) is 14.5 Å². The third kappa shape index (κ3) is 4.01. The van der Waals surface area contributed by atoms with Crippen LogP contribution in [0.5, 0.6) is 0 Å². The molecule has 0 saturated carbocycles. The van der Waals surface area contributed by atoms with Gasteiger partial charge in [0, 0.05) is 17.5 Å². The molecule has 0 aliphatic carbocycles. The second kappa shape index (κ2) is 8.17. The lowest BCUT2D eigenvalue weighted by molar-refractivity contribution is -0.111. The Bertz CT molecular complexity index is 707. The molecule has 4 rings (SSSR count). The number of hydrogen-bond donors (Lipinski definition) is 0. The van der Waals surface area contributed by atoms with Crippen molar-refractivity contribution in [3.05, 3.63) is 40.9 Å². The number of rotatable bonds is 5. The highest BCUT2D eigenvalue weighted by atomic mass is 32.1. The van der Waals surface area contributed by atoms with Crippen LogP contribution in [0.3, 0.4) is 0 Å². The van der Waals surface area contributed by atoms with Gasteiger partial charge >= 0.3 is 0 Å². The largest absolute Gasteiger partial charge is 0.349 e. The number of ether oxygens (including phenoxy) is 2. The Labute approximate surface area is 160 Å². The summed E-state index contributed by atoms with van der Waals surface area (Å²) in [5.41, 5.74) is 3.74. The zero-order valence-corrected chi connectivity index (χ0v) is 16.5. The van der Waals surface area contributed by atoms with E-state index in [9.17, 15) is 0 Å². The summed E-state index contributed by atoms with van der Waals surface area (Å²) in [5, 5.41) is 3.31. The number of aromatic nitrogens is 1. The Balaban J connectivity index is 1.45. The van der Waals surface area contributed by atoms with E-state index in [1.165, 1.54) is 24.0 Å². The van der Waals surface area contributed by atoms with Crippen molar-refractivity contribution < 1.29 is 9.47 Å². The van der Waals surface area contributed by atoms with Gasteiger partial charge in [-0.2, -0.15) is 0 Å². The summed E-state index contributed by atoms with van der Waals surface area (Å²) in [6, 6.07) is 9.19. The van der Waals surface area contributed by atoms with E-state index in [0.717, 1.165) is 43.4 Å². The van der Waals surface area contributed by atoms with E-state index in [2.05, 4.69) is 48.4 Å². The number of piperidine rings is 1. The van der Waals surface area contributed by atoms with Crippen molar-refractivity contribution in [2.75, 3.05) is 19.8 Å². The Hall–Kier alpha value is -1.27. The molecule has 1 aromatic heterocycles. The predicted octanol–water partition coefficient (Wildman–Crippen LogP) is 4.66. The summed E-state index contributed by atoms with van der Waals surface area (Å²) in [7, 11) is 0. The summed E-state index contributed by atoms with van der Waals surface area (Å²) in [4.78, 5) is 7.41. The minimum Gasteiger partial charge on any atom is -0.349 e. The van der Waals surface area contributed by atoms with Crippen molar-refractivity contribution in [3.63, 3.8) is 0 Å². The third-order valence-corrected chi connectivity index (χ3v) is 6.31. The molecule has 0 radical (unpaired) electrons. The molecule has 2 saturated heterocycles. The lowest BCUT2D eigenvalue weighted by atomic mass is 10.0. The molecule has 2 aromatic rings. The molecule has 5 heteroatoms. The zero-order chi connectivity index (χ0) is 17.9. The number of nitrogens with zero attached hydrogens (tertiary/aromatic N) is 2. The molecular weight excluding hydrogens is 344 g/mol. The van der Waals surface area contributed by atoms with Crippen LogP contribution in [0.15, 0.2) is 29.6 Å². The molecule has 0 bridgehead atoms. The highest BCUT2D eigenvalue weighted by Crippen LogP contribution is 2.29. The predicted molar refractivity (Wildman–Crippen MR) is 105 cm³/mol. The summed E-state index contributed by atoms with van der Waals surface area (Å²) >= 11 is 1.74. The van der Waals surface area contributed by atoms with Crippen LogP contribution in [0.4, 0.5) is 0 Å². The summed E-state index contributed by atoms with van der Waals surface area (Å²) < 4.78 is 11.6. The molecule has 0 amide bonds. The molecule has 1 aromatic carbocycles. The fourth-order valence-corrected chi connectivity index (χ4v) is 4.67. The lowest BCUT2D eigenvalue weighted by Gasteiger charge is -2.37. The minimum atomic E-state index is -0.0583. The standard InChI is InChI=1S/C21H28N2O2S/c1-15(2)16-6-8-17(9-7-16)20-22-18(14-26-20)13-23-10-4-3-5-19(23)21-24-11-12-25-21/h6-9,14-15,19,21H,3-5,10-13H2,1-2H3. The van der Waals surface area contributed by atoms with E-state index < -0.39 is 0 Å². The average Bonchev–Trinajstić information content (AvgIpc) is 3.34. The van der Waals surface area contributed by atoms with Gasteiger partial charge in [-0.15, -0.1) is 11.3 Å². The highest BCUT2D eigenvalue weighted by Gasteiger charge is 2.33. The van der Waals surface area contributed by atoms with Crippen molar-refractivity contribution in [2.24, 2.45) is 0 Å². The van der Waals surface area contributed by atoms with Gasteiger partial charge in [0.15, 0.2) is 6.29 Å². The Morgan fingerprint density at radius 2 is 1.92 bits per heavy atom. The van der Waals surface area contributed by atoms with Gasteiger partial charge in [0.1, 0.15) is 5.01 Å². The van der Waals surface area contributed by atoms with Gasteiger partial charge in [-0.3, -0.25) is 4.90 Å². The minimum absolute atomic E-state index is 0.0583. The Morgan fingerprint density at radius 3 is 2.65 bits per heavy atom. The van der Waals surface area contributed by atoms with Crippen LogP contribution < -0.4 is 0 Å². The number of likely N-dealkylation sites (tertiary alicyclic amines) is 1. The number of hydrogen-bond acceptors (Lipinski definition) is 5. The zero-order valence-electron chi connectivity index (χ0n) is 15.7. The van der Waals surface area contributed by atoms with E-state index >= 15 is 0 Å². The molecule has 1 atom stereocenters. The monoisotopic (exact) mass is 372 g/mol. The molecule has 2 fully saturated rings. The first kappa shape index (κ1) is 18.1. The van der Waals surface area contributed by atoms with E-state index in [0.29, 0.717) is 12.0 Å². The maximum absolute atomic E-state index is 5.78. The number of benzene rings is 1. The third-order valence-electron chi connectivity index (χ3n) is 5.37. The fourth-order valence-electron chi connectivity index (χ4n) is 3.85. The van der Waals surface area contributed by atoms with E-state index in [-0.39, 0.29) is 6.29 Å². The second-order valence-electron chi connectivity index (χ2n) is 7.56. The lowest BCUT2D eigenvalue weighted by Crippen LogP contribution is -2.46. The van der Waals surface area contributed by atoms with Crippen molar-refractivity contribution in [1.29, 1.82) is 0 Å². The van der Waals surface area contributed by atoms with Gasteiger partial charge in [0.25, 0.3) is 0 Å². The Kier molecular flexibility index (Phi) is 5.69. The van der Waals surface area contributed by atoms with Crippen molar-refractivity contribution in [2.45, 2.75) is 57.9 Å². The van der Waals surface area contributed by atoms with Crippen LogP contribution in [-0.4, -0.2) is 42.0 Å². The normalized spacial score (nSPS) is 22.3. The van der Waals surface area contributed by atoms with Crippen molar-refractivity contribution in [1.82, 2.24) is 9.88 Å². The topological polar surface area (TPSA) is 34.6 Å². The first-order valence-corrected chi connectivity index (χ1v) is 10.6. The van der Waals surface area contributed by atoms with Crippen LogP contribution >= 0.6 is 11.3 Å². The van der Waals surface area contributed by atoms with E-state index in [1.807, 2.05) is 0 Å². The van der Waals surface area contributed by atoms with Crippen molar-refractivity contribution >= 4 is 11.3 Å². The summed E-state index contributed by atoms with van der Waals surface area (Å²) in [5.74, 6) is 0.562. The SMILES string of the molecule is CC(C)c1ccc(-c2nc(CN3CCCCC3C3OCCO3)cs2)cc1. The Morgan fingerprint density at radius 1 is 1.15 bits per heavy atom. The highest BCUT2D eigenvalue weighted by molar-refractivity contribution is 7.13. The fraction of sp³-hybridized carbons (Fsp3) is 0.571. The maximum Gasteiger partial charge on any atom is 0.173 e. The van der Waals surface area contributed by atoms with Gasteiger partial charge in [0.2, 0.25) is 0 Å². The molecule has 0 spiro atoms. The summed E-state index contributed by atoms with van der Waals surface area (Å²) in [6.45, 7) is 7.88. The van der Waals surface area contributed by atoms with Crippen LogP contribution in [0.25, 0.3) is 10.6 Å². The van der Waals surface area contributed by atoms with Gasteiger partial charge in [-0.05, 0) is 30.9 Å². The first-order chi connectivity index (χ1) is 12.7.